The van der Waals surface area contributed by atoms with Crippen LogP contribution in [0, 0.1) is 19.7 Å². The monoisotopic (exact) mass is 451 g/mol. The van der Waals surface area contributed by atoms with Gasteiger partial charge in [-0.05, 0) is 50.2 Å². The summed E-state index contributed by atoms with van der Waals surface area (Å²) in [7, 11) is 0. The number of carbonyl (C=O) groups excluding carboxylic acids is 1. The summed E-state index contributed by atoms with van der Waals surface area (Å²) in [5.41, 5.74) is 3.09. The highest BCUT2D eigenvalue weighted by atomic mass is 32.2. The summed E-state index contributed by atoms with van der Waals surface area (Å²) >= 11 is 1.48. The van der Waals surface area contributed by atoms with Crippen molar-refractivity contribution < 1.29 is 13.7 Å². The molecule has 7 nitrogen and oxygen atoms in total. The van der Waals surface area contributed by atoms with Gasteiger partial charge in [-0.25, -0.2) is 9.07 Å². The molecule has 32 heavy (non-hydrogen) atoms. The van der Waals surface area contributed by atoms with Gasteiger partial charge in [-0.1, -0.05) is 17.3 Å². The Bertz CT molecular complexity index is 1240. The van der Waals surface area contributed by atoms with Crippen LogP contribution in [0.15, 0.2) is 64.1 Å². The maximum atomic E-state index is 13.2. The first-order chi connectivity index (χ1) is 15.4. The third-order valence-corrected chi connectivity index (χ3v) is 6.06. The van der Waals surface area contributed by atoms with Crippen LogP contribution in [-0.4, -0.2) is 25.8 Å². The number of nitrogens with one attached hydrogen (secondary N) is 1. The Kier molecular flexibility index (Phi) is 6.36. The molecule has 4 aromatic rings. The summed E-state index contributed by atoms with van der Waals surface area (Å²) in [4.78, 5) is 18.1. The van der Waals surface area contributed by atoms with Crippen LogP contribution in [0.1, 0.15) is 46.3 Å². The summed E-state index contributed by atoms with van der Waals surface area (Å²) in [6.45, 7) is 5.57. The van der Waals surface area contributed by atoms with Gasteiger partial charge >= 0.3 is 0 Å². The van der Waals surface area contributed by atoms with Gasteiger partial charge < -0.3 is 9.84 Å². The van der Waals surface area contributed by atoms with E-state index in [1.807, 2.05) is 32.0 Å². The zero-order chi connectivity index (χ0) is 22.7. The highest BCUT2D eigenvalue weighted by Crippen LogP contribution is 2.27. The van der Waals surface area contributed by atoms with Crippen molar-refractivity contribution in [1.82, 2.24) is 25.2 Å². The van der Waals surface area contributed by atoms with Gasteiger partial charge in [-0.2, -0.15) is 10.1 Å². The highest BCUT2D eigenvalue weighted by molar-refractivity contribution is 7.98. The third-order valence-electron chi connectivity index (χ3n) is 4.99. The largest absolute Gasteiger partial charge is 0.345 e. The van der Waals surface area contributed by atoms with Crippen molar-refractivity contribution in [3.8, 4) is 5.69 Å². The number of halogens is 1. The van der Waals surface area contributed by atoms with E-state index in [1.165, 1.54) is 23.9 Å². The molecule has 0 fully saturated rings. The Balaban J connectivity index is 1.48. The van der Waals surface area contributed by atoms with E-state index in [0.29, 0.717) is 23.0 Å². The van der Waals surface area contributed by atoms with Crippen LogP contribution in [0.4, 0.5) is 4.39 Å². The summed E-state index contributed by atoms with van der Waals surface area (Å²) in [6.07, 6.45) is 1.73. The van der Waals surface area contributed by atoms with Crippen LogP contribution in [0.3, 0.4) is 0 Å². The van der Waals surface area contributed by atoms with Gasteiger partial charge in [0.2, 0.25) is 5.89 Å². The van der Waals surface area contributed by atoms with Crippen LogP contribution in [-0.2, 0) is 5.75 Å². The van der Waals surface area contributed by atoms with Gasteiger partial charge in [0.1, 0.15) is 5.82 Å². The average molecular weight is 452 g/mol. The first-order valence-corrected chi connectivity index (χ1v) is 11.0. The number of carbonyl (C=O) groups is 1. The van der Waals surface area contributed by atoms with E-state index in [-0.39, 0.29) is 17.8 Å². The first kappa shape index (κ1) is 21.8. The van der Waals surface area contributed by atoms with Crippen LogP contribution in [0.25, 0.3) is 5.69 Å². The number of aryl methyl sites for hydroxylation is 1. The van der Waals surface area contributed by atoms with Crippen molar-refractivity contribution in [2.45, 2.75) is 37.5 Å². The molecule has 0 aliphatic rings. The third kappa shape index (κ3) is 4.72. The predicted molar refractivity (Wildman–Crippen MR) is 119 cm³/mol. The highest BCUT2D eigenvalue weighted by Gasteiger charge is 2.19. The fourth-order valence-corrected chi connectivity index (χ4v) is 4.26. The maximum absolute atomic E-state index is 13.2. The molecule has 1 N–H and O–H groups in total. The number of hydrogen-bond acceptors (Lipinski definition) is 6. The van der Waals surface area contributed by atoms with Crippen molar-refractivity contribution in [1.29, 1.82) is 0 Å². The topological polar surface area (TPSA) is 85.8 Å². The van der Waals surface area contributed by atoms with E-state index >= 15 is 0 Å². The second-order valence-electron chi connectivity index (χ2n) is 7.28. The summed E-state index contributed by atoms with van der Waals surface area (Å²) in [5, 5.41) is 11.4. The van der Waals surface area contributed by atoms with Crippen LogP contribution in [0.2, 0.25) is 0 Å². The Morgan fingerprint density at radius 2 is 1.94 bits per heavy atom. The predicted octanol–water partition coefficient (Wildman–Crippen LogP) is 4.79. The van der Waals surface area contributed by atoms with E-state index < -0.39 is 0 Å². The first-order valence-electron chi connectivity index (χ1n) is 10.0. The molecule has 2 aromatic carbocycles. The molecule has 0 aliphatic carbocycles. The molecular formula is C23H22FN5O2S. The van der Waals surface area contributed by atoms with Crippen molar-refractivity contribution in [2.75, 3.05) is 0 Å². The minimum Gasteiger partial charge on any atom is -0.345 e. The van der Waals surface area contributed by atoms with Crippen LogP contribution >= 0.6 is 11.8 Å². The number of amides is 1. The molecule has 0 saturated carbocycles. The molecule has 4 rings (SSSR count). The van der Waals surface area contributed by atoms with Gasteiger partial charge in [0.05, 0.1) is 29.2 Å². The van der Waals surface area contributed by atoms with Gasteiger partial charge in [0.25, 0.3) is 5.91 Å². The Labute approximate surface area is 189 Å². The number of benzene rings is 2. The van der Waals surface area contributed by atoms with Crippen LogP contribution < -0.4 is 5.32 Å². The molecule has 0 spiro atoms. The lowest BCUT2D eigenvalue weighted by Gasteiger charge is -2.16. The number of aromatic nitrogens is 4. The fourth-order valence-electron chi connectivity index (χ4n) is 3.36. The zero-order valence-electron chi connectivity index (χ0n) is 17.9. The molecule has 9 heteroatoms. The molecule has 0 radical (unpaired) electrons. The molecule has 164 valence electrons. The van der Waals surface area contributed by atoms with Gasteiger partial charge in [-0.15, -0.1) is 11.8 Å². The van der Waals surface area contributed by atoms with Gasteiger partial charge in [0, 0.05) is 23.1 Å². The van der Waals surface area contributed by atoms with E-state index in [4.69, 9.17) is 4.52 Å². The fraction of sp³-hybridized carbons (Fsp3) is 0.217. The minimum atomic E-state index is -0.301. The lowest BCUT2D eigenvalue weighted by molar-refractivity contribution is 0.0937. The number of nitrogens with zero attached hydrogens (tertiary/aromatic N) is 4. The van der Waals surface area contributed by atoms with E-state index in [9.17, 15) is 9.18 Å². The summed E-state index contributed by atoms with van der Waals surface area (Å²) < 4.78 is 20.0. The molecule has 2 heterocycles. The van der Waals surface area contributed by atoms with E-state index in [0.717, 1.165) is 21.8 Å². The van der Waals surface area contributed by atoms with Crippen molar-refractivity contribution in [2.24, 2.45) is 0 Å². The molecule has 0 aliphatic heterocycles. The quantitative estimate of drug-likeness (QED) is 0.407. The second kappa shape index (κ2) is 9.35. The molecule has 1 atom stereocenters. The molecule has 1 amide bonds. The van der Waals surface area contributed by atoms with Gasteiger partial charge in [-0.3, -0.25) is 4.79 Å². The Morgan fingerprint density at radius 1 is 1.19 bits per heavy atom. The average Bonchev–Trinajstić information content (AvgIpc) is 3.38. The van der Waals surface area contributed by atoms with Crippen molar-refractivity contribution >= 4 is 17.7 Å². The maximum Gasteiger partial charge on any atom is 0.252 e. The van der Waals surface area contributed by atoms with Crippen molar-refractivity contribution in [3.05, 3.63) is 89.1 Å². The normalized spacial score (nSPS) is 12.0. The molecule has 0 bridgehead atoms. The molecule has 0 saturated heterocycles. The lowest BCUT2D eigenvalue weighted by atomic mass is 10.1. The summed E-state index contributed by atoms with van der Waals surface area (Å²) in [5.74, 6) is 1.11. The number of hydrogen-bond donors (Lipinski definition) is 1. The number of thioether (sulfide) groups is 1. The Morgan fingerprint density at radius 3 is 2.66 bits per heavy atom. The second-order valence-corrected chi connectivity index (χ2v) is 8.30. The summed E-state index contributed by atoms with van der Waals surface area (Å²) in [6, 6.07) is 13.3. The lowest BCUT2D eigenvalue weighted by Crippen LogP contribution is -2.27. The molecule has 1 unspecified atom stereocenters. The smallest absolute Gasteiger partial charge is 0.252 e. The number of rotatable bonds is 7. The van der Waals surface area contributed by atoms with Crippen molar-refractivity contribution in [3.63, 3.8) is 0 Å². The zero-order valence-corrected chi connectivity index (χ0v) is 18.7. The van der Waals surface area contributed by atoms with E-state index in [2.05, 4.69) is 20.6 Å². The van der Waals surface area contributed by atoms with E-state index in [1.54, 1.807) is 36.0 Å². The SMILES string of the molecule is Cc1nc(CSc2ccccc2C(=O)NC(C)c2cnn(-c3ccc(F)cc3)c2C)no1. The standard InChI is InChI=1S/C23H22FN5O2S/c1-14(20-12-25-29(15(20)2)18-10-8-17(24)9-11-18)26-23(30)19-6-4-5-7-21(19)32-13-22-27-16(3)31-28-22/h4-12,14H,13H2,1-3H3,(H,26,30). The molecule has 2 aromatic heterocycles. The minimum absolute atomic E-state index is 0.182. The van der Waals surface area contributed by atoms with Crippen LogP contribution in [0.5, 0.6) is 0 Å². The molecular weight excluding hydrogens is 429 g/mol. The Hall–Kier alpha value is -3.46. The van der Waals surface area contributed by atoms with Gasteiger partial charge in [0.15, 0.2) is 5.82 Å².